The minimum Gasteiger partial charge on any atom is -0.493 e. The SMILES string of the molecule is COc1ccc(C2CC(=O)N(Cc3ccc([N+](=O)[O-])cc3)c3ccccc3S2)cc1OC. The normalized spacial score (nSPS) is 15.6. The number of nitro benzene ring substituents is 1. The molecule has 1 amide bonds. The van der Waals surface area contributed by atoms with E-state index >= 15 is 0 Å². The lowest BCUT2D eigenvalue weighted by Crippen LogP contribution is -2.30. The molecule has 1 atom stereocenters. The molecule has 1 unspecified atom stereocenters. The number of fused-ring (bicyclic) bond motifs is 1. The molecule has 0 N–H and O–H groups in total. The number of hydrogen-bond donors (Lipinski definition) is 0. The molecule has 0 saturated carbocycles. The topological polar surface area (TPSA) is 81.9 Å². The second-order valence-electron chi connectivity index (χ2n) is 7.30. The van der Waals surface area contributed by atoms with Crippen LogP contribution in [0.15, 0.2) is 71.6 Å². The molecule has 0 aliphatic carbocycles. The van der Waals surface area contributed by atoms with Gasteiger partial charge in [-0.3, -0.25) is 14.9 Å². The molecule has 32 heavy (non-hydrogen) atoms. The van der Waals surface area contributed by atoms with Crippen LogP contribution in [0, 0.1) is 10.1 Å². The van der Waals surface area contributed by atoms with Gasteiger partial charge in [0, 0.05) is 28.7 Å². The molecule has 1 aliphatic rings. The summed E-state index contributed by atoms with van der Waals surface area (Å²) >= 11 is 1.64. The third kappa shape index (κ3) is 4.40. The summed E-state index contributed by atoms with van der Waals surface area (Å²) in [5.41, 5.74) is 2.67. The highest BCUT2D eigenvalue weighted by atomic mass is 32.2. The Balaban J connectivity index is 1.66. The predicted molar refractivity (Wildman–Crippen MR) is 123 cm³/mol. The Labute approximate surface area is 190 Å². The van der Waals surface area contributed by atoms with Gasteiger partial charge in [-0.1, -0.05) is 30.3 Å². The number of ether oxygens (including phenoxy) is 2. The van der Waals surface area contributed by atoms with Gasteiger partial charge in [-0.2, -0.15) is 0 Å². The van der Waals surface area contributed by atoms with Gasteiger partial charge in [0.15, 0.2) is 11.5 Å². The zero-order valence-corrected chi connectivity index (χ0v) is 18.5. The van der Waals surface area contributed by atoms with Gasteiger partial charge in [0.1, 0.15) is 0 Å². The Morgan fingerprint density at radius 2 is 1.75 bits per heavy atom. The molecule has 7 nitrogen and oxygen atoms in total. The fourth-order valence-electron chi connectivity index (χ4n) is 3.70. The van der Waals surface area contributed by atoms with Gasteiger partial charge in [0.2, 0.25) is 5.91 Å². The number of carbonyl (C=O) groups excluding carboxylic acids is 1. The maximum atomic E-state index is 13.4. The van der Waals surface area contributed by atoms with Gasteiger partial charge in [0.25, 0.3) is 5.69 Å². The van der Waals surface area contributed by atoms with E-state index in [1.165, 1.54) is 12.1 Å². The molecule has 0 bridgehead atoms. The fourth-order valence-corrected chi connectivity index (χ4v) is 4.97. The molecule has 164 valence electrons. The van der Waals surface area contributed by atoms with Crippen LogP contribution < -0.4 is 14.4 Å². The summed E-state index contributed by atoms with van der Waals surface area (Å²) in [6.45, 7) is 0.340. The highest BCUT2D eigenvalue weighted by Gasteiger charge is 2.30. The van der Waals surface area contributed by atoms with Crippen LogP contribution in [-0.4, -0.2) is 25.1 Å². The summed E-state index contributed by atoms with van der Waals surface area (Å²) in [7, 11) is 3.18. The quantitative estimate of drug-likeness (QED) is 0.370. The second-order valence-corrected chi connectivity index (χ2v) is 8.54. The molecule has 0 saturated heterocycles. The molecule has 8 heteroatoms. The van der Waals surface area contributed by atoms with E-state index in [1.807, 2.05) is 42.5 Å². The van der Waals surface area contributed by atoms with Crippen LogP contribution in [0.1, 0.15) is 22.8 Å². The number of hydrogen-bond acceptors (Lipinski definition) is 6. The molecule has 3 aromatic carbocycles. The second kappa shape index (κ2) is 9.32. The van der Waals surface area contributed by atoms with Crippen molar-refractivity contribution in [2.24, 2.45) is 0 Å². The minimum absolute atomic E-state index is 0.0133. The molecular weight excluding hydrogens is 428 g/mol. The van der Waals surface area contributed by atoms with Crippen molar-refractivity contribution in [2.75, 3.05) is 19.1 Å². The van der Waals surface area contributed by atoms with Crippen molar-refractivity contribution < 1.29 is 19.2 Å². The monoisotopic (exact) mass is 450 g/mol. The average Bonchev–Trinajstić information content (AvgIpc) is 2.95. The van der Waals surface area contributed by atoms with Crippen LogP contribution in [0.4, 0.5) is 11.4 Å². The summed E-state index contributed by atoms with van der Waals surface area (Å²) in [6.07, 6.45) is 0.307. The largest absolute Gasteiger partial charge is 0.493 e. The smallest absolute Gasteiger partial charge is 0.269 e. The standard InChI is InChI=1S/C24H22N2O5S/c1-30-20-12-9-17(13-21(20)31-2)23-14-24(27)25(19-5-3-4-6-22(19)32-23)15-16-7-10-18(11-8-16)26(28)29/h3-13,23H,14-15H2,1-2H3. The van der Waals surface area contributed by atoms with Crippen LogP contribution in [0.2, 0.25) is 0 Å². The molecule has 0 radical (unpaired) electrons. The molecule has 4 rings (SSSR count). The van der Waals surface area contributed by atoms with Crippen LogP contribution >= 0.6 is 11.8 Å². The van der Waals surface area contributed by atoms with Crippen molar-refractivity contribution in [3.63, 3.8) is 0 Å². The number of amides is 1. The third-order valence-corrected chi connectivity index (χ3v) is 6.68. The summed E-state index contributed by atoms with van der Waals surface area (Å²) in [4.78, 5) is 26.6. The molecule has 1 heterocycles. The lowest BCUT2D eigenvalue weighted by molar-refractivity contribution is -0.384. The number of nitro groups is 1. The van der Waals surface area contributed by atoms with Gasteiger partial charge < -0.3 is 14.4 Å². The molecule has 1 aliphatic heterocycles. The zero-order valence-electron chi connectivity index (χ0n) is 17.7. The Hall–Kier alpha value is -3.52. The number of non-ortho nitro benzene ring substituents is 1. The van der Waals surface area contributed by atoms with Gasteiger partial charge in [-0.25, -0.2) is 0 Å². The van der Waals surface area contributed by atoms with Crippen LogP contribution in [0.5, 0.6) is 11.5 Å². The van der Waals surface area contributed by atoms with E-state index in [-0.39, 0.29) is 16.8 Å². The first-order chi connectivity index (χ1) is 15.5. The van der Waals surface area contributed by atoms with Gasteiger partial charge in [-0.05, 0) is 35.4 Å². The summed E-state index contributed by atoms with van der Waals surface area (Å²) in [6, 6.07) is 19.8. The Kier molecular flexibility index (Phi) is 6.32. The van der Waals surface area contributed by atoms with Crippen molar-refractivity contribution >= 4 is 29.0 Å². The lowest BCUT2D eigenvalue weighted by atomic mass is 10.1. The van der Waals surface area contributed by atoms with Crippen molar-refractivity contribution in [3.05, 3.63) is 88.0 Å². The van der Waals surface area contributed by atoms with Crippen molar-refractivity contribution in [3.8, 4) is 11.5 Å². The first-order valence-electron chi connectivity index (χ1n) is 10.0. The van der Waals surface area contributed by atoms with Crippen molar-refractivity contribution in [1.29, 1.82) is 0 Å². The first-order valence-corrected chi connectivity index (χ1v) is 10.9. The maximum Gasteiger partial charge on any atom is 0.269 e. The van der Waals surface area contributed by atoms with E-state index in [0.717, 1.165) is 21.7 Å². The molecule has 0 fully saturated rings. The molecule has 0 aromatic heterocycles. The summed E-state index contributed by atoms with van der Waals surface area (Å²) < 4.78 is 10.8. The third-order valence-electron chi connectivity index (χ3n) is 5.35. The van der Waals surface area contributed by atoms with Crippen LogP contribution in [0.25, 0.3) is 0 Å². The van der Waals surface area contributed by atoms with E-state index in [9.17, 15) is 14.9 Å². The van der Waals surface area contributed by atoms with Crippen molar-refractivity contribution in [1.82, 2.24) is 0 Å². The number of thioether (sulfide) groups is 1. The van der Waals surface area contributed by atoms with E-state index in [0.29, 0.717) is 24.5 Å². The summed E-state index contributed by atoms with van der Waals surface area (Å²) in [5, 5.41) is 10.8. The molecule has 0 spiro atoms. The number of rotatable bonds is 6. The predicted octanol–water partition coefficient (Wildman–Crippen LogP) is 5.38. The number of para-hydroxylation sites is 1. The van der Waals surface area contributed by atoms with E-state index in [2.05, 4.69) is 0 Å². The highest BCUT2D eigenvalue weighted by Crippen LogP contribution is 2.47. The fraction of sp³-hybridized carbons (Fsp3) is 0.208. The van der Waals surface area contributed by atoms with Gasteiger partial charge in [0.05, 0.1) is 31.4 Å². The highest BCUT2D eigenvalue weighted by molar-refractivity contribution is 7.99. The average molecular weight is 451 g/mol. The Bertz CT molecular complexity index is 1150. The zero-order chi connectivity index (χ0) is 22.7. The number of methoxy groups -OCH3 is 2. The minimum atomic E-state index is -0.430. The Morgan fingerprint density at radius 3 is 2.44 bits per heavy atom. The number of carbonyl (C=O) groups is 1. The van der Waals surface area contributed by atoms with Gasteiger partial charge >= 0.3 is 0 Å². The number of nitrogens with zero attached hydrogens (tertiary/aromatic N) is 2. The lowest BCUT2D eigenvalue weighted by Gasteiger charge is -2.22. The maximum absolute atomic E-state index is 13.4. The Morgan fingerprint density at radius 1 is 1.03 bits per heavy atom. The van der Waals surface area contributed by atoms with E-state index in [1.54, 1.807) is 43.0 Å². The number of anilines is 1. The first kappa shape index (κ1) is 21.7. The molecule has 3 aromatic rings. The van der Waals surface area contributed by atoms with Crippen LogP contribution in [0.3, 0.4) is 0 Å². The molecular formula is C24H22N2O5S. The van der Waals surface area contributed by atoms with Gasteiger partial charge in [-0.15, -0.1) is 11.8 Å². The van der Waals surface area contributed by atoms with E-state index in [4.69, 9.17) is 9.47 Å². The number of benzene rings is 3. The van der Waals surface area contributed by atoms with Crippen molar-refractivity contribution in [2.45, 2.75) is 23.1 Å². The summed E-state index contributed by atoms with van der Waals surface area (Å²) in [5.74, 6) is 1.25. The van der Waals surface area contributed by atoms with E-state index < -0.39 is 4.92 Å². The van der Waals surface area contributed by atoms with Crippen LogP contribution in [-0.2, 0) is 11.3 Å².